The second kappa shape index (κ2) is 12.1. The van der Waals surface area contributed by atoms with Crippen molar-refractivity contribution in [2.45, 2.75) is 51.5 Å². The number of carbonyl (C=O) groups excluding carboxylic acids is 4. The van der Waals surface area contributed by atoms with Crippen LogP contribution in [0, 0.1) is 5.92 Å². The van der Waals surface area contributed by atoms with Crippen molar-refractivity contribution in [3.8, 4) is 0 Å². The first-order valence-corrected chi connectivity index (χ1v) is 14.1. The average Bonchev–Trinajstić information content (AvgIpc) is 3.56. The number of ether oxygens (including phenoxy) is 2. The minimum Gasteiger partial charge on any atom is -0.445 e. The topological polar surface area (TPSA) is 117 Å². The van der Waals surface area contributed by atoms with Crippen LogP contribution in [0.1, 0.15) is 32.8 Å². The van der Waals surface area contributed by atoms with Crippen molar-refractivity contribution in [1.82, 2.24) is 15.1 Å². The van der Waals surface area contributed by atoms with E-state index >= 15 is 0 Å². The van der Waals surface area contributed by atoms with E-state index in [0.717, 1.165) is 16.3 Å². The summed E-state index contributed by atoms with van der Waals surface area (Å²) in [6, 6.07) is 21.7. The van der Waals surface area contributed by atoms with Crippen LogP contribution in [-0.4, -0.2) is 71.1 Å². The normalized spacial score (nSPS) is 19.7. The molecule has 0 aliphatic carbocycles. The Labute approximate surface area is 244 Å². The van der Waals surface area contributed by atoms with Gasteiger partial charge in [0.25, 0.3) is 0 Å². The van der Waals surface area contributed by atoms with Crippen LogP contribution in [0.5, 0.6) is 0 Å². The first-order valence-electron chi connectivity index (χ1n) is 14.1. The van der Waals surface area contributed by atoms with Crippen LogP contribution in [0.15, 0.2) is 72.8 Å². The molecule has 0 saturated carbocycles. The van der Waals surface area contributed by atoms with Crippen molar-refractivity contribution >= 4 is 40.5 Å². The molecule has 2 heterocycles. The summed E-state index contributed by atoms with van der Waals surface area (Å²) in [5.41, 5.74) is 0.771. The van der Waals surface area contributed by atoms with Crippen LogP contribution in [0.2, 0.25) is 0 Å². The molecule has 3 atom stereocenters. The number of hydrogen-bond acceptors (Lipinski definition) is 6. The molecule has 0 radical (unpaired) electrons. The van der Waals surface area contributed by atoms with E-state index in [0.29, 0.717) is 18.7 Å². The van der Waals surface area contributed by atoms with Crippen LogP contribution in [0.3, 0.4) is 0 Å². The predicted octanol–water partition coefficient (Wildman–Crippen LogP) is 4.54. The number of rotatable bonds is 6. The van der Waals surface area contributed by atoms with Gasteiger partial charge in [-0.1, -0.05) is 66.7 Å². The summed E-state index contributed by atoms with van der Waals surface area (Å²) in [5, 5.41) is 7.44. The summed E-state index contributed by atoms with van der Waals surface area (Å²) in [7, 11) is 0. The third-order valence-electron chi connectivity index (χ3n) is 7.56. The Morgan fingerprint density at radius 1 is 0.905 bits per heavy atom. The van der Waals surface area contributed by atoms with Crippen molar-refractivity contribution in [3.05, 3.63) is 78.4 Å². The molecule has 0 aromatic heterocycles. The molecule has 4 amide bonds. The van der Waals surface area contributed by atoms with E-state index in [1.807, 2.05) is 72.8 Å². The number of anilines is 1. The molecule has 1 unspecified atom stereocenters. The molecule has 0 bridgehead atoms. The van der Waals surface area contributed by atoms with Gasteiger partial charge in [-0.25, -0.2) is 9.59 Å². The molecule has 3 aromatic rings. The number of fused-ring (bicyclic) bond motifs is 2. The molecule has 2 fully saturated rings. The number of hydrogen-bond donors (Lipinski definition) is 2. The Morgan fingerprint density at radius 2 is 1.62 bits per heavy atom. The lowest BCUT2D eigenvalue weighted by atomic mass is 9.98. The van der Waals surface area contributed by atoms with Gasteiger partial charge in [0.2, 0.25) is 11.8 Å². The zero-order valence-electron chi connectivity index (χ0n) is 24.0. The number of benzene rings is 3. The first kappa shape index (κ1) is 28.9. The fourth-order valence-corrected chi connectivity index (χ4v) is 5.72. The van der Waals surface area contributed by atoms with E-state index in [2.05, 4.69) is 10.6 Å². The van der Waals surface area contributed by atoms with Crippen LogP contribution in [0.25, 0.3) is 10.8 Å². The highest BCUT2D eigenvalue weighted by atomic mass is 16.6. The molecule has 2 saturated heterocycles. The molecule has 2 N–H and O–H groups in total. The minimum absolute atomic E-state index is 0.0799. The van der Waals surface area contributed by atoms with Crippen LogP contribution in [-0.2, 0) is 25.7 Å². The Hall–Kier alpha value is -4.60. The molecule has 3 aromatic carbocycles. The van der Waals surface area contributed by atoms with Gasteiger partial charge in [0.1, 0.15) is 18.8 Å². The second-order valence-electron chi connectivity index (χ2n) is 11.6. The Bertz CT molecular complexity index is 1470. The maximum atomic E-state index is 13.8. The molecule has 220 valence electrons. The van der Waals surface area contributed by atoms with Gasteiger partial charge in [-0.3, -0.25) is 9.59 Å². The van der Waals surface area contributed by atoms with E-state index in [1.165, 1.54) is 0 Å². The van der Waals surface area contributed by atoms with E-state index in [4.69, 9.17) is 9.47 Å². The summed E-state index contributed by atoms with van der Waals surface area (Å²) in [6.07, 6.45) is -0.739. The highest BCUT2D eigenvalue weighted by Crippen LogP contribution is 2.37. The zero-order valence-corrected chi connectivity index (χ0v) is 24.0. The van der Waals surface area contributed by atoms with Crippen molar-refractivity contribution in [3.63, 3.8) is 0 Å². The second-order valence-corrected chi connectivity index (χ2v) is 11.6. The van der Waals surface area contributed by atoms with Crippen LogP contribution in [0.4, 0.5) is 15.3 Å². The van der Waals surface area contributed by atoms with Crippen molar-refractivity contribution < 1.29 is 28.7 Å². The lowest BCUT2D eigenvalue weighted by molar-refractivity contribution is -0.131. The van der Waals surface area contributed by atoms with Gasteiger partial charge in [-0.2, -0.15) is 0 Å². The smallest absolute Gasteiger partial charge is 0.410 e. The lowest BCUT2D eigenvalue weighted by Crippen LogP contribution is -2.48. The molecule has 10 nitrogen and oxygen atoms in total. The van der Waals surface area contributed by atoms with E-state index < -0.39 is 35.8 Å². The fourth-order valence-electron chi connectivity index (χ4n) is 5.72. The highest BCUT2D eigenvalue weighted by molar-refractivity contribution is 6.03. The molecule has 42 heavy (non-hydrogen) atoms. The predicted molar refractivity (Wildman–Crippen MR) is 158 cm³/mol. The van der Waals surface area contributed by atoms with Gasteiger partial charge in [0, 0.05) is 24.2 Å². The quantitative estimate of drug-likeness (QED) is 0.448. The lowest BCUT2D eigenvalue weighted by Gasteiger charge is -2.30. The van der Waals surface area contributed by atoms with E-state index in [-0.39, 0.29) is 31.5 Å². The summed E-state index contributed by atoms with van der Waals surface area (Å²) >= 11 is 0. The van der Waals surface area contributed by atoms with Crippen molar-refractivity contribution in [2.24, 2.45) is 5.92 Å². The summed E-state index contributed by atoms with van der Waals surface area (Å²) in [4.78, 5) is 55.8. The summed E-state index contributed by atoms with van der Waals surface area (Å²) < 4.78 is 10.9. The SMILES string of the molecule is CC(C)(C)OC(=O)N1CC[C@@H]2C1[C@@H](C(=O)Nc1cccc3ccccc13)CN2C(=O)CNC(=O)OCc1ccccc1. The standard InChI is InChI=1S/C32H36N4O6/c1-32(2,3)42-31(40)35-17-16-26-28(35)24(29(38)34-25-15-9-13-22-12-7-8-14-23(22)25)19-36(26)27(37)18-33-30(39)41-20-21-10-5-4-6-11-21/h4-15,24,26,28H,16-20H2,1-3H3,(H,33,39)(H,34,38)/t24-,26+,28?/m0/s1. The maximum Gasteiger partial charge on any atom is 0.410 e. The third-order valence-corrected chi connectivity index (χ3v) is 7.56. The summed E-state index contributed by atoms with van der Waals surface area (Å²) in [5.74, 6) is -1.34. The van der Waals surface area contributed by atoms with Crippen LogP contribution >= 0.6 is 0 Å². The molecular weight excluding hydrogens is 536 g/mol. The number of nitrogens with one attached hydrogen (secondary N) is 2. The number of carbonyl (C=O) groups is 4. The number of alkyl carbamates (subject to hydrolysis) is 1. The molecule has 2 aliphatic heterocycles. The maximum absolute atomic E-state index is 13.8. The molecule has 2 aliphatic rings. The monoisotopic (exact) mass is 572 g/mol. The molecule has 0 spiro atoms. The Morgan fingerprint density at radius 3 is 2.38 bits per heavy atom. The number of amides is 4. The summed E-state index contributed by atoms with van der Waals surface area (Å²) in [6.45, 7) is 5.60. The minimum atomic E-state index is -0.714. The van der Waals surface area contributed by atoms with Gasteiger partial charge in [-0.05, 0) is 44.2 Å². The molecular formula is C32H36N4O6. The van der Waals surface area contributed by atoms with Gasteiger partial charge < -0.3 is 29.9 Å². The number of nitrogens with zero attached hydrogens (tertiary/aromatic N) is 2. The van der Waals surface area contributed by atoms with E-state index in [1.54, 1.807) is 30.6 Å². The van der Waals surface area contributed by atoms with Crippen molar-refractivity contribution in [2.75, 3.05) is 25.0 Å². The zero-order chi connectivity index (χ0) is 29.9. The van der Waals surface area contributed by atoms with Gasteiger partial charge in [0.15, 0.2) is 0 Å². The van der Waals surface area contributed by atoms with Crippen molar-refractivity contribution in [1.29, 1.82) is 0 Å². The Kier molecular flexibility index (Phi) is 8.33. The number of likely N-dealkylation sites (tertiary alicyclic amines) is 2. The Balaban J connectivity index is 1.30. The fraction of sp³-hybridized carbons (Fsp3) is 0.375. The molecule has 10 heteroatoms. The largest absolute Gasteiger partial charge is 0.445 e. The average molecular weight is 573 g/mol. The van der Waals surface area contributed by atoms with E-state index in [9.17, 15) is 19.2 Å². The highest BCUT2D eigenvalue weighted by Gasteiger charge is 2.54. The van der Waals surface area contributed by atoms with Crippen LogP contribution < -0.4 is 10.6 Å². The first-order chi connectivity index (χ1) is 20.1. The van der Waals surface area contributed by atoms with Gasteiger partial charge in [0.05, 0.1) is 18.0 Å². The molecule has 5 rings (SSSR count). The van der Waals surface area contributed by atoms with Gasteiger partial charge >= 0.3 is 12.2 Å². The third kappa shape index (κ3) is 6.48. The van der Waals surface area contributed by atoms with Gasteiger partial charge in [-0.15, -0.1) is 0 Å².